The van der Waals surface area contributed by atoms with E-state index in [9.17, 15) is 9.59 Å². The molecule has 0 saturated heterocycles. The molecule has 2 N–H and O–H groups in total. The second-order valence-corrected chi connectivity index (χ2v) is 8.43. The summed E-state index contributed by atoms with van der Waals surface area (Å²) in [5, 5.41) is 6.90. The van der Waals surface area contributed by atoms with Gasteiger partial charge in [-0.05, 0) is 86.5 Å². The van der Waals surface area contributed by atoms with E-state index in [0.29, 0.717) is 28.4 Å². The van der Waals surface area contributed by atoms with Gasteiger partial charge in [-0.3, -0.25) is 9.59 Å². The van der Waals surface area contributed by atoms with Gasteiger partial charge < -0.3 is 15.5 Å². The topological polar surface area (TPSA) is 61.4 Å². The van der Waals surface area contributed by atoms with E-state index in [1.807, 2.05) is 55.3 Å². The summed E-state index contributed by atoms with van der Waals surface area (Å²) in [4.78, 5) is 27.8. The number of rotatable bonds is 4. The molecule has 0 aromatic heterocycles. The fourth-order valence-corrected chi connectivity index (χ4v) is 4.35. The summed E-state index contributed by atoms with van der Waals surface area (Å²) in [6.07, 6.45) is 1.81. The highest BCUT2D eigenvalue weighted by Crippen LogP contribution is 2.35. The number of halogens is 1. The number of benzene rings is 3. The molecule has 4 rings (SSSR count). The molecule has 32 heavy (non-hydrogen) atoms. The average Bonchev–Trinajstić information content (AvgIpc) is 2.98. The highest BCUT2D eigenvalue weighted by molar-refractivity contribution is 6.30. The first-order chi connectivity index (χ1) is 15.5. The maximum absolute atomic E-state index is 13.4. The Morgan fingerprint density at radius 2 is 1.78 bits per heavy atom. The summed E-state index contributed by atoms with van der Waals surface area (Å²) in [5.41, 5.74) is 4.68. The molecule has 1 atom stereocenters. The van der Waals surface area contributed by atoms with Crippen molar-refractivity contribution in [3.63, 3.8) is 0 Å². The lowest BCUT2D eigenvalue weighted by Crippen LogP contribution is -2.31. The molecule has 1 aliphatic heterocycles. The van der Waals surface area contributed by atoms with Gasteiger partial charge in [-0.15, -0.1) is 0 Å². The third-order valence-electron chi connectivity index (χ3n) is 5.90. The molecule has 3 aromatic carbocycles. The highest BCUT2D eigenvalue weighted by atomic mass is 35.5. The summed E-state index contributed by atoms with van der Waals surface area (Å²) >= 11 is 6.24. The van der Waals surface area contributed by atoms with Crippen LogP contribution in [0.25, 0.3) is 0 Å². The van der Waals surface area contributed by atoms with Gasteiger partial charge in [-0.25, -0.2) is 0 Å². The van der Waals surface area contributed by atoms with Crippen LogP contribution in [0.3, 0.4) is 0 Å². The Morgan fingerprint density at radius 1 is 1.03 bits per heavy atom. The van der Waals surface area contributed by atoms with Gasteiger partial charge in [0.1, 0.15) is 0 Å². The number of aryl methyl sites for hydroxylation is 1. The van der Waals surface area contributed by atoms with Crippen molar-refractivity contribution in [1.29, 1.82) is 0 Å². The van der Waals surface area contributed by atoms with Gasteiger partial charge in [0.25, 0.3) is 11.8 Å². The van der Waals surface area contributed by atoms with Gasteiger partial charge in [0.15, 0.2) is 0 Å². The molecule has 0 aliphatic carbocycles. The molecule has 164 valence electrons. The van der Waals surface area contributed by atoms with Gasteiger partial charge in [0.2, 0.25) is 0 Å². The molecule has 5 nitrogen and oxygen atoms in total. The van der Waals surface area contributed by atoms with E-state index in [0.717, 1.165) is 29.7 Å². The van der Waals surface area contributed by atoms with E-state index in [-0.39, 0.29) is 17.9 Å². The molecule has 1 unspecified atom stereocenters. The third kappa shape index (κ3) is 4.54. The van der Waals surface area contributed by atoms with E-state index in [1.54, 1.807) is 30.3 Å². The zero-order valence-corrected chi connectivity index (χ0v) is 18.9. The molecule has 1 aliphatic rings. The van der Waals surface area contributed by atoms with Crippen LogP contribution in [0.4, 0.5) is 11.4 Å². The van der Waals surface area contributed by atoms with Crippen molar-refractivity contribution < 1.29 is 9.59 Å². The fourth-order valence-electron chi connectivity index (χ4n) is 4.17. The predicted molar refractivity (Wildman–Crippen MR) is 130 cm³/mol. The van der Waals surface area contributed by atoms with Gasteiger partial charge in [-0.2, -0.15) is 0 Å². The first kappa shape index (κ1) is 22.1. The monoisotopic (exact) mass is 447 g/mol. The quantitative estimate of drug-likeness (QED) is 0.547. The standard InChI is InChI=1S/C26H26ClN3O2/c1-17-6-3-4-7-21(17)25(31)29-20-12-9-18(10-13-20)26(32)30-15-5-8-23(28-2)22-16-19(27)11-14-24(22)30/h3-4,6-7,9-14,16,23,28H,5,8,15H2,1-2H3,(H,29,31). The lowest BCUT2D eigenvalue weighted by molar-refractivity contribution is 0.0985. The van der Waals surface area contributed by atoms with Gasteiger partial charge in [0, 0.05) is 40.1 Å². The van der Waals surface area contributed by atoms with Crippen molar-refractivity contribution in [2.75, 3.05) is 23.8 Å². The zero-order valence-electron chi connectivity index (χ0n) is 18.2. The Kier molecular flexibility index (Phi) is 6.58. The molecular weight excluding hydrogens is 422 g/mol. The second kappa shape index (κ2) is 9.55. The number of hydrogen-bond donors (Lipinski definition) is 2. The first-order valence-electron chi connectivity index (χ1n) is 10.7. The fraction of sp³-hybridized carbons (Fsp3) is 0.231. The van der Waals surface area contributed by atoms with Crippen LogP contribution in [0, 0.1) is 6.92 Å². The minimum absolute atomic E-state index is 0.0675. The summed E-state index contributed by atoms with van der Waals surface area (Å²) in [6.45, 7) is 2.54. The SMILES string of the molecule is CNC1CCCN(C(=O)c2ccc(NC(=O)c3ccccc3C)cc2)c2ccc(Cl)cc21. The van der Waals surface area contributed by atoms with E-state index < -0.39 is 0 Å². The number of carbonyl (C=O) groups excluding carboxylic acids is 2. The molecule has 0 radical (unpaired) electrons. The molecule has 0 bridgehead atoms. The third-order valence-corrected chi connectivity index (χ3v) is 6.14. The lowest BCUT2D eigenvalue weighted by atomic mass is 10.0. The number of hydrogen-bond acceptors (Lipinski definition) is 3. The van der Waals surface area contributed by atoms with E-state index in [1.165, 1.54) is 0 Å². The van der Waals surface area contributed by atoms with Crippen LogP contribution < -0.4 is 15.5 Å². The Balaban J connectivity index is 1.55. The number of carbonyl (C=O) groups is 2. The second-order valence-electron chi connectivity index (χ2n) is 7.99. The van der Waals surface area contributed by atoms with Crippen LogP contribution in [-0.2, 0) is 0 Å². The average molecular weight is 448 g/mol. The van der Waals surface area contributed by atoms with Gasteiger partial charge >= 0.3 is 0 Å². The molecule has 6 heteroatoms. The zero-order chi connectivity index (χ0) is 22.7. The van der Waals surface area contributed by atoms with Crippen LogP contribution in [0.5, 0.6) is 0 Å². The van der Waals surface area contributed by atoms with Crippen molar-refractivity contribution >= 4 is 34.8 Å². The summed E-state index contributed by atoms with van der Waals surface area (Å²) in [7, 11) is 1.93. The van der Waals surface area contributed by atoms with Crippen LogP contribution in [0.15, 0.2) is 66.7 Å². The van der Waals surface area contributed by atoms with E-state index >= 15 is 0 Å². The maximum atomic E-state index is 13.4. The molecule has 0 fully saturated rings. The summed E-state index contributed by atoms with van der Waals surface area (Å²) < 4.78 is 0. The highest BCUT2D eigenvalue weighted by Gasteiger charge is 2.26. The Bertz CT molecular complexity index is 1140. The number of anilines is 2. The first-order valence-corrected chi connectivity index (χ1v) is 11.1. The largest absolute Gasteiger partial charge is 0.322 e. The molecular formula is C26H26ClN3O2. The van der Waals surface area contributed by atoms with E-state index in [4.69, 9.17) is 11.6 Å². The molecule has 2 amide bonds. The number of nitrogens with one attached hydrogen (secondary N) is 2. The number of amides is 2. The van der Waals surface area contributed by atoms with E-state index in [2.05, 4.69) is 10.6 Å². The minimum atomic E-state index is -0.168. The number of fused-ring (bicyclic) bond motifs is 1. The van der Waals surface area contributed by atoms with Crippen molar-refractivity contribution in [2.24, 2.45) is 0 Å². The van der Waals surface area contributed by atoms with Crippen molar-refractivity contribution in [2.45, 2.75) is 25.8 Å². The van der Waals surface area contributed by atoms with Crippen LogP contribution in [0.2, 0.25) is 5.02 Å². The van der Waals surface area contributed by atoms with Crippen molar-refractivity contribution in [3.05, 3.63) is 94.0 Å². The van der Waals surface area contributed by atoms with Crippen LogP contribution >= 0.6 is 11.6 Å². The van der Waals surface area contributed by atoms with Crippen molar-refractivity contribution in [3.8, 4) is 0 Å². The van der Waals surface area contributed by atoms with Crippen LogP contribution in [-0.4, -0.2) is 25.4 Å². The van der Waals surface area contributed by atoms with Gasteiger partial charge in [-0.1, -0.05) is 29.8 Å². The summed E-state index contributed by atoms with van der Waals surface area (Å²) in [6, 6.07) is 20.3. The maximum Gasteiger partial charge on any atom is 0.258 e. The number of nitrogens with zero attached hydrogens (tertiary/aromatic N) is 1. The minimum Gasteiger partial charge on any atom is -0.322 e. The van der Waals surface area contributed by atoms with Gasteiger partial charge in [0.05, 0.1) is 0 Å². The molecule has 0 spiro atoms. The molecule has 0 saturated carbocycles. The Hall–Kier alpha value is -3.15. The normalized spacial score (nSPS) is 15.6. The summed E-state index contributed by atoms with van der Waals surface area (Å²) in [5.74, 6) is -0.235. The smallest absolute Gasteiger partial charge is 0.258 e. The van der Waals surface area contributed by atoms with Crippen molar-refractivity contribution in [1.82, 2.24) is 5.32 Å². The lowest BCUT2D eigenvalue weighted by Gasteiger charge is -2.24. The molecule has 3 aromatic rings. The predicted octanol–water partition coefficient (Wildman–Crippen LogP) is 5.60. The molecule has 1 heterocycles. The Labute approximate surface area is 193 Å². The van der Waals surface area contributed by atoms with Crippen LogP contribution in [0.1, 0.15) is 50.7 Å². The Morgan fingerprint density at radius 3 is 2.50 bits per heavy atom.